The van der Waals surface area contributed by atoms with Crippen LogP contribution in [0.5, 0.6) is 0 Å². The zero-order chi connectivity index (χ0) is 15.8. The number of nitrogens with zero attached hydrogens (tertiary/aromatic N) is 1. The Morgan fingerprint density at radius 1 is 1.23 bits per heavy atom. The smallest absolute Gasteiger partial charge is 0.191 e. The zero-order valence-electron chi connectivity index (χ0n) is 13.5. The molecule has 0 spiro atoms. The third kappa shape index (κ3) is 5.10. The number of benzene rings is 1. The summed E-state index contributed by atoms with van der Waals surface area (Å²) < 4.78 is 0. The number of unbranched alkanes of at least 4 members (excludes halogenated alkanes) is 1. The summed E-state index contributed by atoms with van der Waals surface area (Å²) in [7, 11) is 1.83. The summed E-state index contributed by atoms with van der Waals surface area (Å²) in [5.74, 6) is 2.14. The highest BCUT2D eigenvalue weighted by molar-refractivity contribution is 7.98. The van der Waals surface area contributed by atoms with E-state index < -0.39 is 0 Å². The van der Waals surface area contributed by atoms with E-state index in [2.05, 4.69) is 34.0 Å². The summed E-state index contributed by atoms with van der Waals surface area (Å²) in [5, 5.41) is 7.68. The maximum absolute atomic E-state index is 5.98. The van der Waals surface area contributed by atoms with Crippen molar-refractivity contribution in [3.05, 3.63) is 34.9 Å². The largest absolute Gasteiger partial charge is 0.356 e. The molecule has 0 bridgehead atoms. The number of guanidine groups is 1. The van der Waals surface area contributed by atoms with Crippen LogP contribution in [0.2, 0.25) is 5.02 Å². The van der Waals surface area contributed by atoms with Crippen molar-refractivity contribution < 1.29 is 0 Å². The van der Waals surface area contributed by atoms with Gasteiger partial charge in [-0.1, -0.05) is 23.7 Å². The van der Waals surface area contributed by atoms with E-state index >= 15 is 0 Å². The second kappa shape index (κ2) is 8.68. The summed E-state index contributed by atoms with van der Waals surface area (Å²) in [4.78, 5) is 4.31. The van der Waals surface area contributed by atoms with E-state index in [1.54, 1.807) is 0 Å². The Labute approximate surface area is 143 Å². The minimum atomic E-state index is 0.265. The van der Waals surface area contributed by atoms with Gasteiger partial charge in [0.2, 0.25) is 0 Å². The third-order valence-corrected chi connectivity index (χ3v) is 5.14. The molecule has 1 fully saturated rings. The fraction of sp³-hybridized carbons (Fsp3) is 0.588. The molecule has 122 valence electrons. The Hall–Kier alpha value is -0.870. The second-order valence-electron chi connectivity index (χ2n) is 5.84. The van der Waals surface area contributed by atoms with E-state index in [0.717, 1.165) is 24.1 Å². The van der Waals surface area contributed by atoms with E-state index in [-0.39, 0.29) is 5.41 Å². The maximum Gasteiger partial charge on any atom is 0.191 e. The summed E-state index contributed by atoms with van der Waals surface area (Å²) in [6, 6.07) is 8.26. The van der Waals surface area contributed by atoms with Gasteiger partial charge in [-0.15, -0.1) is 0 Å². The summed E-state index contributed by atoms with van der Waals surface area (Å²) in [6.45, 7) is 1.91. The van der Waals surface area contributed by atoms with Gasteiger partial charge >= 0.3 is 0 Å². The van der Waals surface area contributed by atoms with Crippen LogP contribution in [0.4, 0.5) is 0 Å². The van der Waals surface area contributed by atoms with Crippen molar-refractivity contribution in [3.63, 3.8) is 0 Å². The molecule has 5 heteroatoms. The quantitative estimate of drug-likeness (QED) is 0.431. The predicted octanol–water partition coefficient (Wildman–Crippen LogP) is 3.68. The third-order valence-electron chi connectivity index (χ3n) is 4.20. The molecule has 2 N–H and O–H groups in total. The minimum absolute atomic E-state index is 0.265. The van der Waals surface area contributed by atoms with Gasteiger partial charge in [-0.05, 0) is 55.4 Å². The molecule has 22 heavy (non-hydrogen) atoms. The maximum atomic E-state index is 5.98. The van der Waals surface area contributed by atoms with Gasteiger partial charge in [0.1, 0.15) is 0 Å². The average molecular weight is 340 g/mol. The standard InChI is InChI=1S/C17H26ClN3S/c1-19-16(20-11-3-4-12-22-2)21-13-17(9-10-17)14-5-7-15(18)8-6-14/h5-8H,3-4,9-13H2,1-2H3,(H2,19,20,21). The number of aliphatic imine (C=N–C) groups is 1. The molecular weight excluding hydrogens is 314 g/mol. The molecule has 0 saturated heterocycles. The van der Waals surface area contributed by atoms with Crippen molar-refractivity contribution in [2.45, 2.75) is 31.1 Å². The van der Waals surface area contributed by atoms with Crippen LogP contribution in [0.15, 0.2) is 29.3 Å². The van der Waals surface area contributed by atoms with Crippen LogP contribution in [0.25, 0.3) is 0 Å². The molecule has 0 unspecified atom stereocenters. The van der Waals surface area contributed by atoms with Gasteiger partial charge in [0.25, 0.3) is 0 Å². The van der Waals surface area contributed by atoms with Gasteiger partial charge in [-0.3, -0.25) is 4.99 Å². The van der Waals surface area contributed by atoms with E-state index in [1.807, 2.05) is 30.9 Å². The Morgan fingerprint density at radius 2 is 1.95 bits per heavy atom. The predicted molar refractivity (Wildman–Crippen MR) is 99.3 cm³/mol. The van der Waals surface area contributed by atoms with Crippen molar-refractivity contribution in [1.82, 2.24) is 10.6 Å². The van der Waals surface area contributed by atoms with Crippen LogP contribution in [0.3, 0.4) is 0 Å². The molecule has 3 nitrogen and oxygen atoms in total. The highest BCUT2D eigenvalue weighted by atomic mass is 35.5. The van der Waals surface area contributed by atoms with Crippen molar-refractivity contribution in [3.8, 4) is 0 Å². The first-order valence-corrected chi connectivity index (χ1v) is 9.67. The van der Waals surface area contributed by atoms with Gasteiger partial charge in [-0.2, -0.15) is 11.8 Å². The molecule has 2 rings (SSSR count). The first-order valence-electron chi connectivity index (χ1n) is 7.90. The van der Waals surface area contributed by atoms with Gasteiger partial charge in [0.15, 0.2) is 5.96 Å². The molecule has 0 radical (unpaired) electrons. The van der Waals surface area contributed by atoms with Crippen LogP contribution < -0.4 is 10.6 Å². The van der Waals surface area contributed by atoms with Gasteiger partial charge in [-0.25, -0.2) is 0 Å². The van der Waals surface area contributed by atoms with Crippen LogP contribution in [-0.2, 0) is 5.41 Å². The van der Waals surface area contributed by atoms with E-state index in [1.165, 1.54) is 37.0 Å². The van der Waals surface area contributed by atoms with Crippen molar-refractivity contribution in [1.29, 1.82) is 0 Å². The van der Waals surface area contributed by atoms with Crippen molar-refractivity contribution in [2.75, 3.05) is 32.1 Å². The van der Waals surface area contributed by atoms with Gasteiger partial charge in [0, 0.05) is 30.6 Å². The lowest BCUT2D eigenvalue weighted by molar-refractivity contribution is 0.641. The van der Waals surface area contributed by atoms with E-state index in [4.69, 9.17) is 11.6 Å². The lowest BCUT2D eigenvalue weighted by Crippen LogP contribution is -2.41. The Kier molecular flexibility index (Phi) is 6.90. The second-order valence-corrected chi connectivity index (χ2v) is 7.26. The van der Waals surface area contributed by atoms with Crippen molar-refractivity contribution in [2.24, 2.45) is 4.99 Å². The minimum Gasteiger partial charge on any atom is -0.356 e. The van der Waals surface area contributed by atoms with Crippen LogP contribution >= 0.6 is 23.4 Å². The molecular formula is C17H26ClN3S. The highest BCUT2D eigenvalue weighted by Gasteiger charge is 2.44. The molecule has 1 aromatic rings. The van der Waals surface area contributed by atoms with Crippen molar-refractivity contribution >= 4 is 29.3 Å². The normalized spacial score (nSPS) is 16.4. The topological polar surface area (TPSA) is 36.4 Å². The van der Waals surface area contributed by atoms with Crippen LogP contribution in [0.1, 0.15) is 31.2 Å². The first-order chi connectivity index (χ1) is 10.7. The molecule has 0 heterocycles. The zero-order valence-corrected chi connectivity index (χ0v) is 15.1. The Morgan fingerprint density at radius 3 is 2.55 bits per heavy atom. The summed E-state index contributed by atoms with van der Waals surface area (Å²) >= 11 is 7.88. The Balaban J connectivity index is 1.77. The summed E-state index contributed by atoms with van der Waals surface area (Å²) in [5.41, 5.74) is 1.64. The number of rotatable bonds is 8. The lowest BCUT2D eigenvalue weighted by Gasteiger charge is -2.19. The number of thioether (sulfide) groups is 1. The fourth-order valence-electron chi connectivity index (χ4n) is 2.57. The molecule has 1 aliphatic rings. The van der Waals surface area contributed by atoms with Crippen LogP contribution in [-0.4, -0.2) is 38.1 Å². The number of hydrogen-bond donors (Lipinski definition) is 2. The Bertz CT molecular complexity index is 483. The molecule has 1 saturated carbocycles. The summed E-state index contributed by atoms with van der Waals surface area (Å²) in [6.07, 6.45) is 7.04. The molecule has 0 aliphatic heterocycles. The molecule has 0 amide bonds. The lowest BCUT2D eigenvalue weighted by atomic mass is 9.96. The van der Waals surface area contributed by atoms with Crippen LogP contribution in [0, 0.1) is 0 Å². The van der Waals surface area contributed by atoms with E-state index in [0.29, 0.717) is 0 Å². The number of nitrogens with one attached hydrogen (secondary N) is 2. The monoisotopic (exact) mass is 339 g/mol. The highest BCUT2D eigenvalue weighted by Crippen LogP contribution is 2.47. The first kappa shape index (κ1) is 17.5. The molecule has 1 aromatic carbocycles. The van der Waals surface area contributed by atoms with Gasteiger partial charge < -0.3 is 10.6 Å². The SMILES string of the molecule is CN=C(NCCCCSC)NCC1(c2ccc(Cl)cc2)CC1. The van der Waals surface area contributed by atoms with E-state index in [9.17, 15) is 0 Å². The van der Waals surface area contributed by atoms with Gasteiger partial charge in [0.05, 0.1) is 0 Å². The molecule has 1 aliphatic carbocycles. The number of halogens is 1. The molecule has 0 atom stereocenters. The fourth-order valence-corrected chi connectivity index (χ4v) is 3.19. The molecule has 0 aromatic heterocycles. The average Bonchev–Trinajstić information content (AvgIpc) is 3.32. The number of hydrogen-bond acceptors (Lipinski definition) is 2.